The van der Waals surface area contributed by atoms with Crippen LogP contribution in [0.25, 0.3) is 44.5 Å². The fourth-order valence-electron chi connectivity index (χ4n) is 6.17. The van der Waals surface area contributed by atoms with Crippen LogP contribution < -0.4 is 14.2 Å². The minimum absolute atomic E-state index is 0.640. The van der Waals surface area contributed by atoms with Gasteiger partial charge in [0.15, 0.2) is 11.5 Å². The van der Waals surface area contributed by atoms with Crippen LogP contribution >= 0.6 is 0 Å². The third-order valence-electron chi connectivity index (χ3n) is 8.65. The van der Waals surface area contributed by atoms with Crippen LogP contribution in [0.2, 0.25) is 0 Å². The molecule has 0 atom stereocenters. The van der Waals surface area contributed by atoms with E-state index in [4.69, 9.17) is 14.2 Å². The van der Waals surface area contributed by atoms with Crippen molar-refractivity contribution in [1.29, 1.82) is 0 Å². The van der Waals surface area contributed by atoms with Crippen LogP contribution in [0.3, 0.4) is 0 Å². The van der Waals surface area contributed by atoms with Crippen LogP contribution in [-0.4, -0.2) is 0 Å². The molecule has 8 rings (SSSR count). The lowest BCUT2D eigenvalue weighted by Crippen LogP contribution is -1.94. The minimum Gasteiger partial charge on any atom is -0.457 e. The van der Waals surface area contributed by atoms with Gasteiger partial charge in [0.25, 0.3) is 0 Å². The Morgan fingerprint density at radius 1 is 0.235 bits per heavy atom. The highest BCUT2D eigenvalue weighted by Crippen LogP contribution is 2.44. The van der Waals surface area contributed by atoms with Gasteiger partial charge in [0, 0.05) is 11.1 Å². The molecule has 0 N–H and O–H groups in total. The maximum absolute atomic E-state index is 6.55. The van der Waals surface area contributed by atoms with E-state index in [-0.39, 0.29) is 0 Å². The summed E-state index contributed by atoms with van der Waals surface area (Å²) in [5.74, 6) is 4.36. The van der Waals surface area contributed by atoms with Crippen molar-refractivity contribution in [3.8, 4) is 79.0 Å². The highest BCUT2D eigenvalue weighted by atomic mass is 16.5. The topological polar surface area (TPSA) is 27.7 Å². The Hall–Kier alpha value is -6.84. The van der Waals surface area contributed by atoms with Gasteiger partial charge < -0.3 is 14.2 Å². The molecule has 0 amide bonds. The Balaban J connectivity index is 1.12. The van der Waals surface area contributed by atoms with E-state index in [2.05, 4.69) is 103 Å². The first-order valence-electron chi connectivity index (χ1n) is 17.0. The van der Waals surface area contributed by atoms with E-state index in [0.29, 0.717) is 11.5 Å². The van der Waals surface area contributed by atoms with Crippen LogP contribution in [0, 0.1) is 0 Å². The lowest BCUT2D eigenvalue weighted by Gasteiger charge is -2.17. The first-order valence-corrected chi connectivity index (χ1v) is 17.0. The predicted molar refractivity (Wildman–Crippen MR) is 208 cm³/mol. The molecular weight excluding hydrogens is 625 g/mol. The van der Waals surface area contributed by atoms with Crippen molar-refractivity contribution >= 4 is 0 Å². The molecule has 51 heavy (non-hydrogen) atoms. The number of ether oxygens (including phenoxy) is 3. The fraction of sp³-hybridized carbons (Fsp3) is 0. The summed E-state index contributed by atoms with van der Waals surface area (Å²) >= 11 is 0. The van der Waals surface area contributed by atoms with Crippen molar-refractivity contribution in [2.45, 2.75) is 0 Å². The van der Waals surface area contributed by atoms with E-state index in [1.807, 2.05) is 103 Å². The molecule has 0 saturated carbocycles. The molecule has 244 valence electrons. The quantitative estimate of drug-likeness (QED) is 0.146. The van der Waals surface area contributed by atoms with Gasteiger partial charge in [0.1, 0.15) is 23.0 Å². The summed E-state index contributed by atoms with van der Waals surface area (Å²) in [4.78, 5) is 0. The van der Waals surface area contributed by atoms with E-state index in [0.717, 1.165) is 67.5 Å². The maximum atomic E-state index is 6.55. The normalized spacial score (nSPS) is 10.7. The first-order chi connectivity index (χ1) is 25.3. The minimum atomic E-state index is 0.640. The molecule has 0 aliphatic rings. The maximum Gasteiger partial charge on any atom is 0.177 e. The smallest absolute Gasteiger partial charge is 0.177 e. The zero-order valence-electron chi connectivity index (χ0n) is 27.9. The summed E-state index contributed by atoms with van der Waals surface area (Å²) in [6.45, 7) is 0. The second kappa shape index (κ2) is 14.7. The molecule has 0 fully saturated rings. The predicted octanol–water partition coefficient (Wildman–Crippen LogP) is 13.7. The highest BCUT2D eigenvalue weighted by Gasteiger charge is 2.16. The average molecular weight is 659 g/mol. The van der Waals surface area contributed by atoms with Gasteiger partial charge in [-0.3, -0.25) is 0 Å². The molecule has 0 radical (unpaired) electrons. The summed E-state index contributed by atoms with van der Waals surface area (Å²) < 4.78 is 19.5. The van der Waals surface area contributed by atoms with Gasteiger partial charge >= 0.3 is 0 Å². The van der Waals surface area contributed by atoms with Crippen LogP contribution in [0.5, 0.6) is 34.5 Å². The molecule has 0 aliphatic heterocycles. The molecule has 0 heterocycles. The van der Waals surface area contributed by atoms with Gasteiger partial charge in [-0.15, -0.1) is 0 Å². The summed E-state index contributed by atoms with van der Waals surface area (Å²) in [6.07, 6.45) is 0. The monoisotopic (exact) mass is 658 g/mol. The molecule has 0 spiro atoms. The van der Waals surface area contributed by atoms with Crippen LogP contribution in [0.1, 0.15) is 0 Å². The molecule has 8 aromatic rings. The Kier molecular flexibility index (Phi) is 9.08. The van der Waals surface area contributed by atoms with Gasteiger partial charge in [0.05, 0.1) is 0 Å². The van der Waals surface area contributed by atoms with Crippen LogP contribution in [0.15, 0.2) is 206 Å². The third-order valence-corrected chi connectivity index (χ3v) is 8.65. The van der Waals surface area contributed by atoms with Crippen molar-refractivity contribution in [2.75, 3.05) is 0 Å². The number of hydrogen-bond donors (Lipinski definition) is 0. The Labute approximate surface area is 298 Å². The SMILES string of the molecule is c1ccc(Oc2cccc(-c3cccc(-c4cccc(-c5ccccc5Oc5cccc(-c6ccccc6)c5)c4)c3)c2Oc2ccccc2)cc1. The summed E-state index contributed by atoms with van der Waals surface area (Å²) in [5.41, 5.74) is 8.48. The van der Waals surface area contributed by atoms with Crippen molar-refractivity contribution in [3.05, 3.63) is 206 Å². The van der Waals surface area contributed by atoms with E-state index in [1.54, 1.807) is 0 Å². The van der Waals surface area contributed by atoms with Gasteiger partial charge in [-0.05, 0) is 94.0 Å². The molecule has 0 bridgehead atoms. The van der Waals surface area contributed by atoms with E-state index in [1.165, 1.54) is 0 Å². The number of hydrogen-bond acceptors (Lipinski definition) is 3. The largest absolute Gasteiger partial charge is 0.457 e. The lowest BCUT2D eigenvalue weighted by molar-refractivity contribution is 0.420. The zero-order chi connectivity index (χ0) is 34.2. The third kappa shape index (κ3) is 7.29. The van der Waals surface area contributed by atoms with E-state index < -0.39 is 0 Å². The van der Waals surface area contributed by atoms with Crippen molar-refractivity contribution < 1.29 is 14.2 Å². The second-order valence-corrected chi connectivity index (χ2v) is 12.1. The second-order valence-electron chi connectivity index (χ2n) is 12.1. The molecule has 0 saturated heterocycles. The summed E-state index contributed by atoms with van der Waals surface area (Å²) in [5, 5.41) is 0. The Bertz CT molecular complexity index is 2390. The molecule has 0 aliphatic carbocycles. The van der Waals surface area contributed by atoms with Gasteiger partial charge in [-0.1, -0.05) is 146 Å². The van der Waals surface area contributed by atoms with Gasteiger partial charge in [0.2, 0.25) is 0 Å². The molecule has 8 aromatic carbocycles. The van der Waals surface area contributed by atoms with Crippen LogP contribution in [0.4, 0.5) is 0 Å². The Morgan fingerprint density at radius 3 is 1.33 bits per heavy atom. The number of benzene rings is 8. The zero-order valence-corrected chi connectivity index (χ0v) is 27.9. The highest BCUT2D eigenvalue weighted by molar-refractivity contribution is 5.81. The van der Waals surface area contributed by atoms with E-state index >= 15 is 0 Å². The fourth-order valence-corrected chi connectivity index (χ4v) is 6.17. The van der Waals surface area contributed by atoms with Crippen molar-refractivity contribution in [1.82, 2.24) is 0 Å². The molecule has 3 heteroatoms. The van der Waals surface area contributed by atoms with Gasteiger partial charge in [-0.25, -0.2) is 0 Å². The van der Waals surface area contributed by atoms with Gasteiger partial charge in [-0.2, -0.15) is 0 Å². The Morgan fingerprint density at radius 2 is 0.647 bits per heavy atom. The number of para-hydroxylation sites is 4. The first kappa shape index (κ1) is 31.4. The molecular formula is C48H34O3. The van der Waals surface area contributed by atoms with Crippen molar-refractivity contribution in [2.24, 2.45) is 0 Å². The molecule has 0 aromatic heterocycles. The molecule has 3 nitrogen and oxygen atoms in total. The number of rotatable bonds is 10. The summed E-state index contributed by atoms with van der Waals surface area (Å²) in [7, 11) is 0. The average Bonchev–Trinajstić information content (AvgIpc) is 3.20. The lowest BCUT2D eigenvalue weighted by atomic mass is 9.95. The van der Waals surface area contributed by atoms with E-state index in [9.17, 15) is 0 Å². The van der Waals surface area contributed by atoms with Crippen molar-refractivity contribution in [3.63, 3.8) is 0 Å². The van der Waals surface area contributed by atoms with Crippen LogP contribution in [-0.2, 0) is 0 Å². The summed E-state index contributed by atoms with van der Waals surface area (Å²) in [6, 6.07) is 69.5. The standard InChI is InChI=1S/C48H34O3/c1-4-16-35(17-5-1)38-20-14-27-43(34-38)50-46-30-11-10-28-44(46)39-21-12-18-36(32-39)37-19-13-22-40(33-37)45-29-15-31-47(49-41-23-6-2-7-24-41)48(45)51-42-25-8-3-9-26-42/h1-34H. The molecule has 0 unspecified atom stereocenters.